The van der Waals surface area contributed by atoms with Gasteiger partial charge in [0.2, 0.25) is 0 Å². The molecule has 0 atom stereocenters. The summed E-state index contributed by atoms with van der Waals surface area (Å²) >= 11 is 0. The van der Waals surface area contributed by atoms with Gasteiger partial charge in [-0.15, -0.1) is 0 Å². The van der Waals surface area contributed by atoms with Crippen LogP contribution in [0.1, 0.15) is 73.4 Å². The Hall–Kier alpha value is -7.50. The molecule has 11 rings (SSSR count). The molecule has 64 heavy (non-hydrogen) atoms. The Labute approximate surface area is 384 Å². The molecule has 0 amide bonds. The summed E-state index contributed by atoms with van der Waals surface area (Å²) in [7, 11) is 0. The molecule has 5 heteroatoms. The van der Waals surface area contributed by atoms with Crippen LogP contribution in [0.2, 0.25) is 0 Å². The number of benzene rings is 7. The van der Waals surface area contributed by atoms with Crippen LogP contribution in [-0.4, -0.2) is 14.1 Å². The van der Waals surface area contributed by atoms with Crippen molar-refractivity contribution < 1.29 is 18.6 Å². The number of furan rings is 1. The summed E-state index contributed by atoms with van der Waals surface area (Å²) in [5.74, 6) is 0.662. The van der Waals surface area contributed by atoms with Crippen molar-refractivity contribution in [1.29, 1.82) is 0 Å². The molecule has 4 aromatic heterocycles. The number of rotatable bonds is 7. The van der Waals surface area contributed by atoms with Crippen LogP contribution in [-0.2, 0) is 17.2 Å². The van der Waals surface area contributed by atoms with Gasteiger partial charge >= 0.3 is 0 Å². The largest absolute Gasteiger partial charge is 0.464 e. The van der Waals surface area contributed by atoms with Gasteiger partial charge in [0, 0.05) is 31.2 Å². The van der Waals surface area contributed by atoms with Crippen molar-refractivity contribution in [1.82, 2.24) is 14.1 Å². The van der Waals surface area contributed by atoms with Crippen LogP contribution in [0.3, 0.4) is 0 Å². The summed E-state index contributed by atoms with van der Waals surface area (Å²) in [6, 6.07) is 43.4. The normalized spacial score (nSPS) is 14.1. The predicted octanol–water partition coefficient (Wildman–Crippen LogP) is 14.5. The van der Waals surface area contributed by atoms with Crippen LogP contribution in [0.4, 0.5) is 0 Å². The molecule has 0 saturated heterocycles. The number of fused-ring (bicyclic) bond motifs is 5. The zero-order valence-corrected chi connectivity index (χ0v) is 36.6. The maximum absolute atomic E-state index is 9.82. The molecular weight excluding hydrogens is 781 g/mol. The lowest BCUT2D eigenvalue weighted by Gasteiger charge is -2.27. The van der Waals surface area contributed by atoms with Crippen LogP contribution in [0.25, 0.3) is 83.3 Å². The highest BCUT2D eigenvalue weighted by Crippen LogP contribution is 2.39. The van der Waals surface area contributed by atoms with E-state index in [-0.39, 0.29) is 28.5 Å². The molecule has 0 aliphatic rings. The topological polar surface area (TPSA) is 39.8 Å². The van der Waals surface area contributed by atoms with Crippen molar-refractivity contribution in [2.75, 3.05) is 0 Å². The second kappa shape index (κ2) is 15.1. The van der Waals surface area contributed by atoms with Gasteiger partial charge in [-0.25, -0.2) is 4.98 Å². The van der Waals surface area contributed by atoms with E-state index in [1.54, 1.807) is 18.5 Å². The fraction of sp³-hybridized carbons (Fsp3) is 0.153. The Morgan fingerprint density at radius 3 is 2.11 bits per heavy atom. The van der Waals surface area contributed by atoms with Crippen molar-refractivity contribution in [3.8, 4) is 39.4 Å². The van der Waals surface area contributed by atoms with E-state index in [9.17, 15) is 5.48 Å². The van der Waals surface area contributed by atoms with Gasteiger partial charge in [-0.1, -0.05) is 175 Å². The number of pyridine rings is 1. The standard InChI is InChI=1S/C59H50N4O/c1-58(2,3)44-33-43(34-45(35-44)59(4,5)6)48-22-15-21-47(41-17-8-7-9-18-41)57(48)62-38-61(52-24-12-13-25-53(52)62)46-19-14-16-39(31-46)30-40-26-27-50-49-20-10-11-23-51(49)63(54(50)32-40)56-36-55-42(37-60-56)28-29-64-55/h7-29,31-37H,30H2,1-6H3/i7D,8D,9D,17D,18D,30D2. The van der Waals surface area contributed by atoms with Crippen molar-refractivity contribution >= 4 is 43.8 Å². The lowest BCUT2D eigenvalue weighted by atomic mass is 9.78. The van der Waals surface area contributed by atoms with Gasteiger partial charge in [0.1, 0.15) is 11.4 Å². The Kier molecular flexibility index (Phi) is 7.60. The molecule has 312 valence electrons. The SMILES string of the molecule is [2H]c1c([2H])c([2H])c(-c2cccc(-c3cc(C(C)(C)C)cc(C(C)(C)C)c3)c2-[n+]2[c-]n(-c3cccc(C([2H])([2H])c4ccc5c6ccccc6n(-c6cc7occc7cn6)c5c4)c3)c3ccccc32)c([2H])c1[2H]. The maximum atomic E-state index is 9.82. The molecule has 11 aromatic rings. The Bertz CT molecular complexity index is 3900. The molecule has 0 unspecified atom stereocenters. The van der Waals surface area contributed by atoms with E-state index in [0.29, 0.717) is 39.5 Å². The molecule has 7 aromatic carbocycles. The second-order valence-electron chi connectivity index (χ2n) is 18.5. The molecular formula is C59H50N4O. The van der Waals surface area contributed by atoms with Gasteiger partial charge in [0.05, 0.1) is 46.6 Å². The van der Waals surface area contributed by atoms with Crippen molar-refractivity contribution in [3.63, 3.8) is 0 Å². The zero-order valence-electron chi connectivity index (χ0n) is 43.6. The van der Waals surface area contributed by atoms with Crippen molar-refractivity contribution in [2.24, 2.45) is 0 Å². The monoisotopic (exact) mass is 837 g/mol. The van der Waals surface area contributed by atoms with Crippen LogP contribution in [0, 0.1) is 6.33 Å². The minimum Gasteiger partial charge on any atom is -0.464 e. The molecule has 0 spiro atoms. The maximum Gasteiger partial charge on any atom is 0.269 e. The highest BCUT2D eigenvalue weighted by Gasteiger charge is 2.25. The third-order valence-electron chi connectivity index (χ3n) is 12.2. The van der Waals surface area contributed by atoms with Crippen LogP contribution >= 0.6 is 0 Å². The van der Waals surface area contributed by atoms with E-state index >= 15 is 0 Å². The molecule has 4 heterocycles. The number of nitrogens with zero attached hydrogens (tertiary/aromatic N) is 4. The minimum atomic E-state index is -1.97. The number of hydrogen-bond donors (Lipinski definition) is 0. The van der Waals surface area contributed by atoms with Crippen molar-refractivity contribution in [2.45, 2.75) is 58.7 Å². The highest BCUT2D eigenvalue weighted by atomic mass is 16.3. The molecule has 0 saturated carbocycles. The lowest BCUT2D eigenvalue weighted by molar-refractivity contribution is -0.571. The van der Waals surface area contributed by atoms with Crippen LogP contribution < -0.4 is 4.57 Å². The summed E-state index contributed by atoms with van der Waals surface area (Å²) in [5, 5.41) is 2.88. The molecule has 0 fully saturated rings. The van der Waals surface area contributed by atoms with Crippen LogP contribution in [0.5, 0.6) is 0 Å². The molecule has 5 nitrogen and oxygen atoms in total. The van der Waals surface area contributed by atoms with Crippen LogP contribution in [0.15, 0.2) is 187 Å². The molecule has 0 aliphatic heterocycles. The molecule has 0 aliphatic carbocycles. The first-order chi connectivity index (χ1) is 33.8. The van der Waals surface area contributed by atoms with Gasteiger partial charge in [-0.3, -0.25) is 13.7 Å². The summed E-state index contributed by atoms with van der Waals surface area (Å²) < 4.78 is 75.6. The minimum absolute atomic E-state index is 0.0806. The van der Waals surface area contributed by atoms with Crippen molar-refractivity contribution in [3.05, 3.63) is 211 Å². The first-order valence-corrected chi connectivity index (χ1v) is 21.6. The van der Waals surface area contributed by atoms with E-state index in [4.69, 9.17) is 13.5 Å². The zero-order chi connectivity index (χ0) is 49.9. The lowest BCUT2D eigenvalue weighted by Crippen LogP contribution is -2.31. The van der Waals surface area contributed by atoms with Gasteiger partial charge in [0.15, 0.2) is 0 Å². The number of hydrogen-bond acceptors (Lipinski definition) is 2. The summed E-state index contributed by atoms with van der Waals surface area (Å²) in [6.07, 6.45) is 5.11. The number of imidazole rings is 1. The van der Waals surface area contributed by atoms with E-state index in [2.05, 4.69) is 76.7 Å². The molecule has 0 N–H and O–H groups in total. The van der Waals surface area contributed by atoms with E-state index in [0.717, 1.165) is 60.5 Å². The summed E-state index contributed by atoms with van der Waals surface area (Å²) in [5.41, 5.74) is 10.2. The number of aromatic nitrogens is 4. The predicted molar refractivity (Wildman–Crippen MR) is 263 cm³/mol. The average Bonchev–Trinajstić information content (AvgIpc) is 4.08. The van der Waals surface area contributed by atoms with E-state index in [1.165, 1.54) is 0 Å². The summed E-state index contributed by atoms with van der Waals surface area (Å²) in [6.45, 7) is 13.1. The first-order valence-electron chi connectivity index (χ1n) is 25.1. The average molecular weight is 838 g/mol. The van der Waals surface area contributed by atoms with Gasteiger partial charge in [-0.2, -0.15) is 0 Å². The number of para-hydroxylation sites is 4. The third kappa shape index (κ3) is 6.89. The van der Waals surface area contributed by atoms with Gasteiger partial charge in [-0.05, 0) is 92.0 Å². The third-order valence-corrected chi connectivity index (χ3v) is 12.2. The van der Waals surface area contributed by atoms with Gasteiger partial charge in [0.25, 0.3) is 6.33 Å². The highest BCUT2D eigenvalue weighted by molar-refractivity contribution is 6.09. The Morgan fingerprint density at radius 2 is 1.33 bits per heavy atom. The fourth-order valence-electron chi connectivity index (χ4n) is 8.82. The summed E-state index contributed by atoms with van der Waals surface area (Å²) in [4.78, 5) is 4.82. The van der Waals surface area contributed by atoms with Gasteiger partial charge < -0.3 is 4.42 Å². The first kappa shape index (κ1) is 32.2. The quantitative estimate of drug-likeness (QED) is 0.118. The molecule has 0 bridgehead atoms. The van der Waals surface area contributed by atoms with E-state index < -0.39 is 24.5 Å². The smallest absolute Gasteiger partial charge is 0.269 e. The molecule has 0 radical (unpaired) electrons. The second-order valence-corrected chi connectivity index (χ2v) is 18.5. The Morgan fingerprint density at radius 1 is 0.641 bits per heavy atom. The van der Waals surface area contributed by atoms with E-state index in [1.807, 2.05) is 118 Å². The Balaban J connectivity index is 1.11. The fourth-order valence-corrected chi connectivity index (χ4v) is 8.82.